The SMILES string of the molecule is COC(=O)c1ccc(Cn2ccnc2C(F)(F)F)cc1. The predicted molar refractivity (Wildman–Crippen MR) is 64.1 cm³/mol. The van der Waals surface area contributed by atoms with E-state index in [1.165, 1.54) is 25.4 Å². The Morgan fingerprint density at radius 3 is 2.50 bits per heavy atom. The number of ether oxygens (including phenoxy) is 1. The second-order valence-electron chi connectivity index (χ2n) is 4.07. The van der Waals surface area contributed by atoms with Crippen LogP contribution in [0.5, 0.6) is 0 Å². The molecule has 1 aromatic heterocycles. The van der Waals surface area contributed by atoms with E-state index in [1.807, 2.05) is 0 Å². The first-order valence-corrected chi connectivity index (χ1v) is 5.67. The minimum Gasteiger partial charge on any atom is -0.465 e. The largest absolute Gasteiger partial charge is 0.465 e. The Kier molecular flexibility index (Phi) is 3.78. The minimum absolute atomic E-state index is 0.0241. The van der Waals surface area contributed by atoms with Crippen molar-refractivity contribution in [1.29, 1.82) is 0 Å². The van der Waals surface area contributed by atoms with Gasteiger partial charge in [0.15, 0.2) is 0 Å². The number of nitrogens with zero attached hydrogens (tertiary/aromatic N) is 2. The van der Waals surface area contributed by atoms with Crippen molar-refractivity contribution in [1.82, 2.24) is 9.55 Å². The molecule has 0 fully saturated rings. The molecule has 0 bridgehead atoms. The zero-order valence-electron chi connectivity index (χ0n) is 10.5. The fraction of sp³-hybridized carbons (Fsp3) is 0.231. The van der Waals surface area contributed by atoms with E-state index in [-0.39, 0.29) is 6.54 Å². The second kappa shape index (κ2) is 5.36. The summed E-state index contributed by atoms with van der Waals surface area (Å²) < 4.78 is 43.5. The number of aromatic nitrogens is 2. The van der Waals surface area contributed by atoms with Gasteiger partial charge in [0.25, 0.3) is 0 Å². The molecule has 0 aliphatic carbocycles. The van der Waals surface area contributed by atoms with Crippen LogP contribution in [0.25, 0.3) is 0 Å². The van der Waals surface area contributed by atoms with Crippen LogP contribution in [0.2, 0.25) is 0 Å². The highest BCUT2D eigenvalue weighted by Crippen LogP contribution is 2.28. The van der Waals surface area contributed by atoms with Crippen LogP contribution in [0.3, 0.4) is 0 Å². The molecule has 4 nitrogen and oxygen atoms in total. The second-order valence-corrected chi connectivity index (χ2v) is 4.07. The van der Waals surface area contributed by atoms with Gasteiger partial charge in [0, 0.05) is 18.9 Å². The first-order valence-electron chi connectivity index (χ1n) is 5.67. The van der Waals surface area contributed by atoms with E-state index in [0.717, 1.165) is 10.8 Å². The maximum Gasteiger partial charge on any atom is 0.449 e. The third-order valence-corrected chi connectivity index (χ3v) is 2.70. The van der Waals surface area contributed by atoms with Crippen molar-refractivity contribution in [2.24, 2.45) is 0 Å². The molecule has 0 N–H and O–H groups in total. The molecule has 1 heterocycles. The summed E-state index contributed by atoms with van der Waals surface area (Å²) in [5, 5.41) is 0. The molecular formula is C13H11F3N2O2. The van der Waals surface area contributed by atoms with Crippen LogP contribution in [0.1, 0.15) is 21.7 Å². The molecule has 2 rings (SSSR count). The molecule has 20 heavy (non-hydrogen) atoms. The van der Waals surface area contributed by atoms with Crippen LogP contribution in [-0.2, 0) is 17.5 Å². The smallest absolute Gasteiger partial charge is 0.449 e. The molecule has 2 aromatic rings. The summed E-state index contributed by atoms with van der Waals surface area (Å²) in [4.78, 5) is 14.5. The number of imidazole rings is 1. The van der Waals surface area contributed by atoms with Gasteiger partial charge in [-0.1, -0.05) is 12.1 Å². The van der Waals surface area contributed by atoms with Gasteiger partial charge in [0.05, 0.1) is 12.7 Å². The van der Waals surface area contributed by atoms with E-state index < -0.39 is 18.0 Å². The van der Waals surface area contributed by atoms with Gasteiger partial charge in [-0.15, -0.1) is 0 Å². The van der Waals surface area contributed by atoms with Gasteiger partial charge in [0.2, 0.25) is 5.82 Å². The maximum atomic E-state index is 12.7. The number of methoxy groups -OCH3 is 1. The maximum absolute atomic E-state index is 12.7. The van der Waals surface area contributed by atoms with E-state index in [1.54, 1.807) is 12.1 Å². The highest BCUT2D eigenvalue weighted by Gasteiger charge is 2.35. The quantitative estimate of drug-likeness (QED) is 0.814. The molecule has 0 unspecified atom stereocenters. The number of alkyl halides is 3. The van der Waals surface area contributed by atoms with Crippen molar-refractivity contribution < 1.29 is 22.7 Å². The van der Waals surface area contributed by atoms with Gasteiger partial charge in [-0.25, -0.2) is 9.78 Å². The summed E-state index contributed by atoms with van der Waals surface area (Å²) >= 11 is 0. The first-order chi connectivity index (χ1) is 9.41. The number of hydrogen-bond acceptors (Lipinski definition) is 3. The lowest BCUT2D eigenvalue weighted by Crippen LogP contribution is -2.15. The van der Waals surface area contributed by atoms with Crippen molar-refractivity contribution in [3.05, 3.63) is 53.6 Å². The number of hydrogen-bond donors (Lipinski definition) is 0. The van der Waals surface area contributed by atoms with E-state index in [0.29, 0.717) is 11.1 Å². The van der Waals surface area contributed by atoms with Crippen LogP contribution in [0, 0.1) is 0 Å². The number of benzene rings is 1. The van der Waals surface area contributed by atoms with Crippen molar-refractivity contribution in [3.8, 4) is 0 Å². The van der Waals surface area contributed by atoms with Gasteiger partial charge in [-0.2, -0.15) is 13.2 Å². The van der Waals surface area contributed by atoms with Gasteiger partial charge >= 0.3 is 12.1 Å². The van der Waals surface area contributed by atoms with Crippen molar-refractivity contribution in [2.75, 3.05) is 7.11 Å². The summed E-state index contributed by atoms with van der Waals surface area (Å²) in [5.41, 5.74) is 0.971. The highest BCUT2D eigenvalue weighted by atomic mass is 19.4. The molecule has 1 aromatic carbocycles. The molecule has 0 saturated carbocycles. The average molecular weight is 284 g/mol. The Hall–Kier alpha value is -2.31. The predicted octanol–water partition coefficient (Wildman–Crippen LogP) is 2.74. The fourth-order valence-corrected chi connectivity index (χ4v) is 1.75. The van der Waals surface area contributed by atoms with Gasteiger partial charge in [0.1, 0.15) is 0 Å². The third kappa shape index (κ3) is 2.98. The molecule has 0 saturated heterocycles. The molecule has 0 aliphatic rings. The number of halogens is 3. The average Bonchev–Trinajstić information content (AvgIpc) is 2.87. The Morgan fingerprint density at radius 2 is 1.95 bits per heavy atom. The molecular weight excluding hydrogens is 273 g/mol. The topological polar surface area (TPSA) is 44.1 Å². The summed E-state index contributed by atoms with van der Waals surface area (Å²) in [6.07, 6.45) is -2.13. The van der Waals surface area contributed by atoms with Crippen molar-refractivity contribution in [3.63, 3.8) is 0 Å². The summed E-state index contributed by atoms with van der Waals surface area (Å²) in [5.74, 6) is -1.44. The zero-order valence-corrected chi connectivity index (χ0v) is 10.5. The highest BCUT2D eigenvalue weighted by molar-refractivity contribution is 5.89. The summed E-state index contributed by atoms with van der Waals surface area (Å²) in [6, 6.07) is 6.16. The van der Waals surface area contributed by atoms with Crippen LogP contribution < -0.4 is 0 Å². The van der Waals surface area contributed by atoms with E-state index in [2.05, 4.69) is 9.72 Å². The van der Waals surface area contributed by atoms with Crippen molar-refractivity contribution >= 4 is 5.97 Å². The number of rotatable bonds is 3. The normalized spacial score (nSPS) is 11.4. The standard InChI is InChI=1S/C13H11F3N2O2/c1-20-11(19)10-4-2-9(3-5-10)8-18-7-6-17-12(18)13(14,15)16/h2-7H,8H2,1H3. The van der Waals surface area contributed by atoms with Gasteiger partial charge < -0.3 is 9.30 Å². The Labute approximate surface area is 112 Å². The first kappa shape index (κ1) is 14.1. The molecule has 0 radical (unpaired) electrons. The fourth-order valence-electron chi connectivity index (χ4n) is 1.75. The lowest BCUT2D eigenvalue weighted by Gasteiger charge is -2.10. The Morgan fingerprint density at radius 1 is 1.30 bits per heavy atom. The van der Waals surface area contributed by atoms with Gasteiger partial charge in [-0.3, -0.25) is 0 Å². The van der Waals surface area contributed by atoms with E-state index in [4.69, 9.17) is 0 Å². The lowest BCUT2D eigenvalue weighted by molar-refractivity contribution is -0.147. The number of esters is 1. The van der Waals surface area contributed by atoms with Gasteiger partial charge in [-0.05, 0) is 17.7 Å². The summed E-state index contributed by atoms with van der Waals surface area (Å²) in [6.45, 7) is 0.0241. The molecule has 7 heteroatoms. The molecule has 0 spiro atoms. The zero-order chi connectivity index (χ0) is 14.8. The Bertz CT molecular complexity index is 603. The monoisotopic (exact) mass is 284 g/mol. The van der Waals surface area contributed by atoms with Crippen LogP contribution in [-0.4, -0.2) is 22.6 Å². The molecule has 0 aliphatic heterocycles. The molecule has 0 atom stereocenters. The van der Waals surface area contributed by atoms with E-state index in [9.17, 15) is 18.0 Å². The van der Waals surface area contributed by atoms with Crippen molar-refractivity contribution in [2.45, 2.75) is 12.7 Å². The van der Waals surface area contributed by atoms with Crippen LogP contribution in [0.4, 0.5) is 13.2 Å². The van der Waals surface area contributed by atoms with Crippen LogP contribution >= 0.6 is 0 Å². The molecule has 0 amide bonds. The Balaban J connectivity index is 2.19. The van der Waals surface area contributed by atoms with Crippen LogP contribution in [0.15, 0.2) is 36.7 Å². The summed E-state index contributed by atoms with van der Waals surface area (Å²) in [7, 11) is 1.26. The number of carbonyl (C=O) groups excluding carboxylic acids is 1. The lowest BCUT2D eigenvalue weighted by atomic mass is 10.1. The molecule has 106 valence electrons. The van der Waals surface area contributed by atoms with E-state index >= 15 is 0 Å². The third-order valence-electron chi connectivity index (χ3n) is 2.70. The number of carbonyl (C=O) groups is 1. The minimum atomic E-state index is -4.49.